The highest BCUT2D eigenvalue weighted by Gasteiger charge is 2.42. The van der Waals surface area contributed by atoms with Crippen LogP contribution < -0.4 is 21.1 Å². The average Bonchev–Trinajstić information content (AvgIpc) is 3.70. The van der Waals surface area contributed by atoms with Gasteiger partial charge in [-0.1, -0.05) is 143 Å². The summed E-state index contributed by atoms with van der Waals surface area (Å²) in [6.07, 6.45) is 6.99. The van der Waals surface area contributed by atoms with Gasteiger partial charge in [0.25, 0.3) is 0 Å². The number of para-hydroxylation sites is 1. The minimum absolute atomic E-state index is 0.000948. The van der Waals surface area contributed by atoms with Gasteiger partial charge in [0.15, 0.2) is 7.28 Å². The molecule has 73 heavy (non-hydrogen) atoms. The molecule has 4 heteroatoms. The van der Waals surface area contributed by atoms with E-state index in [9.17, 15) is 0 Å². The zero-order valence-corrected chi connectivity index (χ0v) is 46.6. The van der Waals surface area contributed by atoms with Gasteiger partial charge in [0.05, 0.1) is 0 Å². The van der Waals surface area contributed by atoms with Crippen LogP contribution in [0.25, 0.3) is 44.2 Å². The first-order valence-electron chi connectivity index (χ1n) is 27.5. The highest BCUT2D eigenvalue weighted by atomic mass is 16.3. The predicted molar refractivity (Wildman–Crippen MR) is 314 cm³/mol. The Hall–Kier alpha value is -6.00. The fraction of sp³-hybridized carbons (Fsp3) is 0.391. The van der Waals surface area contributed by atoms with E-state index in [1.54, 1.807) is 0 Å². The lowest BCUT2D eigenvalue weighted by molar-refractivity contribution is 0.332. The molecule has 0 saturated heterocycles. The first-order valence-corrected chi connectivity index (χ1v) is 27.5. The van der Waals surface area contributed by atoms with Crippen molar-refractivity contribution in [2.45, 2.75) is 175 Å². The van der Waals surface area contributed by atoms with Gasteiger partial charge in [-0.2, -0.15) is 0 Å². The SMILES string of the molecule is Cc1cc2c(cc1N1c3cc4oc5ccccc5c4cc3[B]c3c(-c4cc5c(cc4Nc4ccc6c(c4)C(C)(C)CCC6(C)C)C(C)(C)CCC5(C)C)cc(-c4c(C)cccc4C)cc31)C(C)(C)CCC2(C)C. The molecule has 0 amide bonds. The summed E-state index contributed by atoms with van der Waals surface area (Å²) in [5.74, 6) is 0. The van der Waals surface area contributed by atoms with Crippen LogP contribution in [0.1, 0.15) is 172 Å². The van der Waals surface area contributed by atoms with Gasteiger partial charge in [0.2, 0.25) is 0 Å². The van der Waals surface area contributed by atoms with E-state index in [-0.39, 0.29) is 32.5 Å². The number of benzene rings is 7. The van der Waals surface area contributed by atoms with Crippen LogP contribution in [0.2, 0.25) is 0 Å². The molecule has 3 nitrogen and oxygen atoms in total. The number of fused-ring (bicyclic) bond motifs is 8. The summed E-state index contributed by atoms with van der Waals surface area (Å²) in [5, 5.41) is 6.50. The molecule has 0 saturated carbocycles. The molecule has 0 unspecified atom stereocenters. The summed E-state index contributed by atoms with van der Waals surface area (Å²) in [6.45, 7) is 36.3. The zero-order valence-electron chi connectivity index (χ0n) is 46.6. The summed E-state index contributed by atoms with van der Waals surface area (Å²) in [5.41, 5.74) is 28.1. The molecule has 1 aliphatic heterocycles. The molecule has 0 fully saturated rings. The van der Waals surface area contributed by atoms with Gasteiger partial charge in [-0.05, 0) is 213 Å². The van der Waals surface area contributed by atoms with E-state index in [1.807, 2.05) is 0 Å². The molecule has 4 aliphatic rings. The van der Waals surface area contributed by atoms with Crippen molar-refractivity contribution in [3.05, 3.63) is 159 Å². The van der Waals surface area contributed by atoms with Gasteiger partial charge in [0, 0.05) is 50.8 Å². The predicted octanol–water partition coefficient (Wildman–Crippen LogP) is 18.1. The number of nitrogens with zero attached hydrogens (tertiary/aromatic N) is 1. The maximum absolute atomic E-state index is 6.76. The Morgan fingerprint density at radius 3 is 1.64 bits per heavy atom. The second kappa shape index (κ2) is 16.0. The first-order chi connectivity index (χ1) is 34.3. The molecule has 2 heterocycles. The van der Waals surface area contributed by atoms with Crippen molar-refractivity contribution in [1.82, 2.24) is 0 Å². The summed E-state index contributed by atoms with van der Waals surface area (Å²) in [7, 11) is 2.51. The largest absolute Gasteiger partial charge is 0.456 e. The van der Waals surface area contributed by atoms with Gasteiger partial charge in [-0.25, -0.2) is 0 Å². The van der Waals surface area contributed by atoms with Crippen molar-refractivity contribution in [1.29, 1.82) is 0 Å². The van der Waals surface area contributed by atoms with E-state index >= 15 is 0 Å². The van der Waals surface area contributed by atoms with Crippen molar-refractivity contribution in [3.63, 3.8) is 0 Å². The number of nitrogens with one attached hydrogen (secondary N) is 1. The van der Waals surface area contributed by atoms with Gasteiger partial charge < -0.3 is 14.6 Å². The quantitative estimate of drug-likeness (QED) is 0.174. The van der Waals surface area contributed by atoms with Crippen molar-refractivity contribution in [2.75, 3.05) is 10.2 Å². The second-order valence-electron chi connectivity index (χ2n) is 27.0. The normalized spacial score (nSPS) is 19.3. The smallest absolute Gasteiger partial charge is 0.197 e. The average molecular weight is 960 g/mol. The van der Waals surface area contributed by atoms with E-state index in [4.69, 9.17) is 4.42 Å². The Morgan fingerprint density at radius 2 is 1.00 bits per heavy atom. The molecular weight excluding hydrogens is 884 g/mol. The van der Waals surface area contributed by atoms with E-state index in [0.717, 1.165) is 58.3 Å². The zero-order chi connectivity index (χ0) is 51.5. The van der Waals surface area contributed by atoms with Crippen molar-refractivity contribution < 1.29 is 4.42 Å². The molecule has 3 aliphatic carbocycles. The molecule has 0 bridgehead atoms. The minimum Gasteiger partial charge on any atom is -0.456 e. The molecule has 1 radical (unpaired) electrons. The van der Waals surface area contributed by atoms with Gasteiger partial charge in [-0.3, -0.25) is 0 Å². The Bertz CT molecular complexity index is 3610. The fourth-order valence-electron chi connectivity index (χ4n) is 14.0. The molecule has 0 atom stereocenters. The number of hydrogen-bond acceptors (Lipinski definition) is 3. The lowest BCUT2D eigenvalue weighted by Crippen LogP contribution is -2.41. The molecule has 12 rings (SSSR count). The lowest BCUT2D eigenvalue weighted by Gasteiger charge is -2.44. The molecular formula is C69H76BN2O. The summed E-state index contributed by atoms with van der Waals surface area (Å²) < 4.78 is 6.76. The molecule has 0 spiro atoms. The Kier molecular flexibility index (Phi) is 10.5. The standard InChI is InChI=1S/C69H76BN2O/c1-40-19-18-20-41(2)62(40)43-32-48(46-35-52-53(68(12,13)29-28-67(52,10)11)37-56(46)71-44-23-24-49-51(34-44)66(8,9)26-25-64(49,4)5)63-59(33-43)72(57-38-54-50(31-42(57)3)65(6,7)27-30-69(54,14)15)58-39-61-47(36-55(58)70-63)45-21-16-17-22-60(45)73-61/h16-24,31-39,71H,25-30H2,1-15H3. The highest BCUT2D eigenvalue weighted by molar-refractivity contribution is 6.73. The Morgan fingerprint density at radius 1 is 0.438 bits per heavy atom. The van der Waals surface area contributed by atoms with Crippen LogP contribution in [-0.4, -0.2) is 7.28 Å². The second-order valence-corrected chi connectivity index (χ2v) is 27.0. The van der Waals surface area contributed by atoms with Crippen molar-refractivity contribution >= 4 is 68.6 Å². The maximum atomic E-state index is 6.76. The van der Waals surface area contributed by atoms with Crippen LogP contribution in [-0.2, 0) is 32.5 Å². The number of anilines is 5. The summed E-state index contributed by atoms with van der Waals surface area (Å²) in [6, 6.07) is 42.7. The van der Waals surface area contributed by atoms with Gasteiger partial charge in [0.1, 0.15) is 11.2 Å². The minimum atomic E-state index is 0.000948. The third kappa shape index (κ3) is 7.57. The monoisotopic (exact) mass is 960 g/mol. The van der Waals surface area contributed by atoms with Crippen LogP contribution in [0.3, 0.4) is 0 Å². The van der Waals surface area contributed by atoms with Gasteiger partial charge in [-0.15, -0.1) is 0 Å². The van der Waals surface area contributed by atoms with E-state index in [1.165, 1.54) is 114 Å². The third-order valence-electron chi connectivity index (χ3n) is 19.1. The molecule has 8 aromatic rings. The highest BCUT2D eigenvalue weighted by Crippen LogP contribution is 2.54. The van der Waals surface area contributed by atoms with E-state index < -0.39 is 0 Å². The number of rotatable bonds is 5. The molecule has 7 aromatic carbocycles. The number of hydrogen-bond donors (Lipinski definition) is 1. The third-order valence-corrected chi connectivity index (χ3v) is 19.1. The number of furan rings is 1. The van der Waals surface area contributed by atoms with Crippen molar-refractivity contribution in [3.8, 4) is 22.3 Å². The van der Waals surface area contributed by atoms with E-state index in [0.29, 0.717) is 0 Å². The van der Waals surface area contributed by atoms with Crippen LogP contribution in [0.4, 0.5) is 28.4 Å². The van der Waals surface area contributed by atoms with Crippen LogP contribution >= 0.6 is 0 Å². The maximum Gasteiger partial charge on any atom is 0.197 e. The molecule has 1 aromatic heterocycles. The lowest BCUT2D eigenvalue weighted by atomic mass is 9.57. The summed E-state index contributed by atoms with van der Waals surface area (Å²) in [4.78, 5) is 2.62. The topological polar surface area (TPSA) is 28.4 Å². The fourth-order valence-corrected chi connectivity index (χ4v) is 14.0. The first kappa shape index (κ1) is 48.0. The number of aryl methyl sites for hydroxylation is 3. The Balaban J connectivity index is 1.19. The van der Waals surface area contributed by atoms with Crippen molar-refractivity contribution in [2.24, 2.45) is 0 Å². The van der Waals surface area contributed by atoms with Crippen LogP contribution in [0.5, 0.6) is 0 Å². The molecule has 371 valence electrons. The van der Waals surface area contributed by atoms with Gasteiger partial charge >= 0.3 is 0 Å². The van der Waals surface area contributed by atoms with Crippen LogP contribution in [0, 0.1) is 20.8 Å². The molecule has 1 N–H and O–H groups in total. The van der Waals surface area contributed by atoms with E-state index in [2.05, 4.69) is 231 Å². The summed E-state index contributed by atoms with van der Waals surface area (Å²) >= 11 is 0. The van der Waals surface area contributed by atoms with Crippen LogP contribution in [0.15, 0.2) is 114 Å². The Labute approximate surface area is 437 Å².